The van der Waals surface area contributed by atoms with Crippen molar-refractivity contribution < 1.29 is 80.8 Å². The first-order valence-electron chi connectivity index (χ1n) is 28.8. The van der Waals surface area contributed by atoms with Gasteiger partial charge in [-0.15, -0.1) is 0 Å². The van der Waals surface area contributed by atoms with Gasteiger partial charge < -0.3 is 57.2 Å². The van der Waals surface area contributed by atoms with Gasteiger partial charge in [-0.1, -0.05) is 78.0 Å². The van der Waals surface area contributed by atoms with E-state index in [1.165, 1.54) is 19.1 Å². The van der Waals surface area contributed by atoms with Crippen molar-refractivity contribution in [2.24, 2.45) is 35.0 Å². The van der Waals surface area contributed by atoms with E-state index in [1.54, 1.807) is 47.3 Å². The fraction of sp³-hybridized carbons (Fsp3) is 0.783. The summed E-state index contributed by atoms with van der Waals surface area (Å²) < 4.78 is 71.9. The Morgan fingerprint density at radius 3 is 2.13 bits per heavy atom. The summed E-state index contributed by atoms with van der Waals surface area (Å²) in [6.45, 7) is 20.4. The first kappa shape index (κ1) is 66.5. The summed E-state index contributed by atoms with van der Waals surface area (Å²) in [4.78, 5) is 74.0. The molecule has 3 saturated heterocycles. The Balaban J connectivity index is 1.49. The van der Waals surface area contributed by atoms with E-state index in [0.29, 0.717) is 83.4 Å². The zero-order valence-corrected chi connectivity index (χ0v) is 50.5. The molecule has 1 amide bonds. The fourth-order valence-corrected chi connectivity index (χ4v) is 13.0. The molecule has 1 saturated carbocycles. The third kappa shape index (κ3) is 18.4. The van der Waals surface area contributed by atoms with Crippen LogP contribution in [0.2, 0.25) is 0 Å². The fourth-order valence-electron chi connectivity index (χ4n) is 12.1. The number of fused-ring (bicyclic) bond motifs is 3. The monoisotopic (exact) mass is 1130 g/mol. The van der Waals surface area contributed by atoms with Crippen molar-refractivity contribution >= 4 is 36.6 Å². The van der Waals surface area contributed by atoms with Crippen molar-refractivity contribution in [3.63, 3.8) is 0 Å². The van der Waals surface area contributed by atoms with Crippen LogP contribution in [0, 0.1) is 35.0 Å². The summed E-state index contributed by atoms with van der Waals surface area (Å²) in [5.41, 5.74) is 0.739. The molecule has 79 heavy (non-hydrogen) atoms. The number of cyclic esters (lactones) is 1. The van der Waals surface area contributed by atoms with Crippen LogP contribution in [0.4, 0.5) is 0 Å². The number of allylic oxidation sites excluding steroid dienone is 6. The second-order valence-corrected chi connectivity index (χ2v) is 26.5. The minimum Gasteiger partial charge on any atom is -0.464 e. The number of ketones is 3. The van der Waals surface area contributed by atoms with Gasteiger partial charge in [0.2, 0.25) is 5.79 Å². The molecular weight excluding hydrogens is 1040 g/mol. The van der Waals surface area contributed by atoms with E-state index in [9.17, 15) is 24.1 Å². The molecule has 5 aliphatic rings. The Bertz CT molecular complexity index is 2200. The smallest absolute Gasteiger partial charge is 0.328 e. The summed E-state index contributed by atoms with van der Waals surface area (Å²) >= 11 is 0. The Hall–Kier alpha value is -3.26. The maximum Gasteiger partial charge on any atom is 0.328 e. The highest BCUT2D eigenvalue weighted by Gasteiger charge is 2.57. The van der Waals surface area contributed by atoms with Gasteiger partial charge in [0.25, 0.3) is 11.7 Å². The number of esters is 1. The van der Waals surface area contributed by atoms with E-state index in [0.717, 1.165) is 5.57 Å². The van der Waals surface area contributed by atoms with Crippen molar-refractivity contribution in [2.75, 3.05) is 80.9 Å². The molecular formula is C60H96NO17P. The third-order valence-electron chi connectivity index (χ3n) is 17.0. The van der Waals surface area contributed by atoms with Gasteiger partial charge in [-0.05, 0) is 100 Å². The maximum atomic E-state index is 15.4. The first-order chi connectivity index (χ1) is 37.4. The number of piperidine rings is 1. The van der Waals surface area contributed by atoms with Crippen molar-refractivity contribution in [3.8, 4) is 0 Å². The highest BCUT2D eigenvalue weighted by molar-refractivity contribution is 7.57. The van der Waals surface area contributed by atoms with Gasteiger partial charge in [-0.3, -0.25) is 23.7 Å². The number of carbonyl (C=O) groups is 5. The molecule has 5 rings (SSSR count). The quantitative estimate of drug-likeness (QED) is 0.0537. The molecule has 4 heterocycles. The Morgan fingerprint density at radius 1 is 0.785 bits per heavy atom. The van der Waals surface area contributed by atoms with Crippen molar-refractivity contribution in [1.82, 2.24) is 4.90 Å². The summed E-state index contributed by atoms with van der Waals surface area (Å²) in [6, 6.07) is -1.91. The van der Waals surface area contributed by atoms with Crippen molar-refractivity contribution in [1.29, 1.82) is 0 Å². The molecule has 0 spiro atoms. The zero-order chi connectivity index (χ0) is 58.2. The minimum absolute atomic E-state index is 0.0292. The van der Waals surface area contributed by atoms with E-state index in [-0.39, 0.29) is 74.5 Å². The lowest BCUT2D eigenvalue weighted by Crippen LogP contribution is -2.65. The number of hydrogen-bond acceptors (Lipinski definition) is 17. The third-order valence-corrected chi connectivity index (χ3v) is 17.8. The van der Waals surface area contributed by atoms with E-state index >= 15 is 9.59 Å². The number of aliphatic hydroxyl groups is 1. The average Bonchev–Trinajstić information content (AvgIpc) is 3.47. The number of nitrogens with zero attached hydrogens (tertiary/aromatic N) is 1. The molecule has 4 aliphatic heterocycles. The lowest BCUT2D eigenvalue weighted by Gasteiger charge is -2.53. The maximum absolute atomic E-state index is 15.4. The van der Waals surface area contributed by atoms with Crippen molar-refractivity contribution in [2.45, 2.75) is 187 Å². The molecule has 2 bridgehead atoms. The van der Waals surface area contributed by atoms with E-state index in [2.05, 4.69) is 0 Å². The molecule has 18 nitrogen and oxygen atoms in total. The predicted octanol–water partition coefficient (Wildman–Crippen LogP) is 8.20. The molecule has 448 valence electrons. The van der Waals surface area contributed by atoms with Crippen LogP contribution in [0.25, 0.3) is 0 Å². The van der Waals surface area contributed by atoms with Gasteiger partial charge in [0.15, 0.2) is 13.2 Å². The van der Waals surface area contributed by atoms with Gasteiger partial charge in [-0.25, -0.2) is 4.79 Å². The SMILES string of the molecule is COC1C(=O)C(C)CC(C)C=CC=CC=C(C)C(OCCOCCOC2COC2)CC2CCC(C)C(O)(O2)C(=O)C(=O)N2C(CCCC2C(C)(C)[C@H]2CC[C@@H](OP(C)(C)=O)[C@H](OC)C2)C(=O)OCCC(=O)C(C)C=C(C)C1OC. The molecule has 1 N–H and O–H groups in total. The Labute approximate surface area is 470 Å². The molecule has 19 heteroatoms. The lowest BCUT2D eigenvalue weighted by atomic mass is 9.63. The van der Waals surface area contributed by atoms with Crippen LogP contribution in [0.5, 0.6) is 0 Å². The standard InChI is InChI=1S/C60H96NO17P/c1-38-18-15-14-16-19-39(2)50(75-31-29-72-28-30-74-46-36-73-37-46)35-45-24-22-43(6)60(67,77-45)56(64)57(65)61-47(20-17-21-52(61)59(7,8)44-23-25-49(51(34-44)69-9)78-79(12,13)68)58(66)76-27-26-48(62)40(3)33-42(5)54(70-10)55(71-11)53(63)41(4)32-38/h14-16,18-19,33,38,40-41,43-47,49-52,54-55,67H,17,20-32,34-37H2,1-13H3/t38?,40?,41?,43?,44-,45?,47?,49+,50?,51+,52?,54?,55?,60?/m0/s1. The van der Waals surface area contributed by atoms with Gasteiger partial charge >= 0.3 is 5.97 Å². The number of carbonyl (C=O) groups excluding carboxylic acids is 5. The van der Waals surface area contributed by atoms with Crippen LogP contribution >= 0.6 is 7.37 Å². The van der Waals surface area contributed by atoms with Crippen LogP contribution in [0.3, 0.4) is 0 Å². The van der Waals surface area contributed by atoms with Gasteiger partial charge in [-0.2, -0.15) is 0 Å². The number of Topliss-reactive ketones (excluding diaryl/α,β-unsaturated/α-hetero) is 3. The summed E-state index contributed by atoms with van der Waals surface area (Å²) in [5.74, 6) is -7.80. The normalized spacial score (nSPS) is 34.4. The molecule has 0 aromatic heterocycles. The van der Waals surface area contributed by atoms with Gasteiger partial charge in [0.1, 0.15) is 30.1 Å². The van der Waals surface area contributed by atoms with Crippen molar-refractivity contribution in [3.05, 3.63) is 47.6 Å². The first-order valence-corrected chi connectivity index (χ1v) is 31.3. The van der Waals surface area contributed by atoms with Crippen LogP contribution in [0.15, 0.2) is 47.6 Å². The highest BCUT2D eigenvalue weighted by atomic mass is 31.2. The van der Waals surface area contributed by atoms with Crippen LogP contribution in [-0.2, 0) is 75.7 Å². The second-order valence-electron chi connectivity index (χ2n) is 23.8. The number of amides is 1. The summed E-state index contributed by atoms with van der Waals surface area (Å²) in [5, 5.41) is 12.6. The zero-order valence-electron chi connectivity index (χ0n) is 49.6. The van der Waals surface area contributed by atoms with Gasteiger partial charge in [0, 0.05) is 71.3 Å². The van der Waals surface area contributed by atoms with Crippen LogP contribution in [-0.4, -0.2) is 181 Å². The van der Waals surface area contributed by atoms with Crippen LogP contribution in [0.1, 0.15) is 126 Å². The second kappa shape index (κ2) is 30.9. The molecule has 0 aromatic carbocycles. The molecule has 1 aliphatic carbocycles. The number of ether oxygens (including phenoxy) is 9. The Morgan fingerprint density at radius 2 is 1.48 bits per heavy atom. The van der Waals surface area contributed by atoms with E-state index < -0.39 is 96.8 Å². The number of rotatable bonds is 15. The number of hydrogen-bond donors (Lipinski definition) is 1. The molecule has 4 fully saturated rings. The highest BCUT2D eigenvalue weighted by Crippen LogP contribution is 2.50. The van der Waals surface area contributed by atoms with E-state index in [4.69, 9.17) is 47.2 Å². The molecule has 14 atom stereocenters. The summed E-state index contributed by atoms with van der Waals surface area (Å²) in [6.07, 6.45) is 12.0. The summed E-state index contributed by atoms with van der Waals surface area (Å²) in [7, 11) is 1.70. The van der Waals surface area contributed by atoms with Crippen LogP contribution < -0.4 is 0 Å². The predicted molar refractivity (Wildman–Crippen MR) is 299 cm³/mol. The molecule has 11 unspecified atom stereocenters. The lowest BCUT2D eigenvalue weighted by molar-refractivity contribution is -0.266. The average molecular weight is 1130 g/mol. The van der Waals surface area contributed by atoms with E-state index in [1.807, 2.05) is 65.0 Å². The minimum atomic E-state index is -2.86. The molecule has 0 radical (unpaired) electrons. The molecule has 0 aromatic rings. The Kier molecular flexibility index (Phi) is 26.0. The number of methoxy groups -OCH3 is 3. The largest absolute Gasteiger partial charge is 0.464 e. The van der Waals surface area contributed by atoms with Gasteiger partial charge in [0.05, 0.1) is 70.7 Å². The topological polar surface area (TPSA) is 218 Å².